The molecule has 0 radical (unpaired) electrons. The molecule has 2 saturated heterocycles. The maximum Gasteiger partial charge on any atom is 0.407 e. The molecule has 302 valence electrons. The van der Waals surface area contributed by atoms with Gasteiger partial charge in [-0.15, -0.1) is 0 Å². The van der Waals surface area contributed by atoms with E-state index < -0.39 is 24.0 Å². The fraction of sp³-hybridized carbons (Fsp3) is 0.283. The van der Waals surface area contributed by atoms with E-state index in [1.807, 2.05) is 90.7 Å². The molecule has 3 amide bonds. The summed E-state index contributed by atoms with van der Waals surface area (Å²) in [6, 6.07) is 30.0. The molecule has 12 nitrogen and oxygen atoms in total. The van der Waals surface area contributed by atoms with Gasteiger partial charge in [0.05, 0.1) is 43.0 Å². The van der Waals surface area contributed by atoms with Crippen molar-refractivity contribution in [3.8, 4) is 33.6 Å². The Kier molecular flexibility index (Phi) is 11.6. The number of halogens is 1. The number of likely N-dealkylation sites (N-methyl/N-ethyl adjacent to an activating group) is 1. The molecular formula is C46H47FN8O4. The van der Waals surface area contributed by atoms with Crippen LogP contribution >= 0.6 is 0 Å². The first-order valence-electron chi connectivity index (χ1n) is 20.1. The van der Waals surface area contributed by atoms with Crippen LogP contribution in [0.5, 0.6) is 0 Å². The number of hydrogen-bond donors (Lipinski definition) is 4. The van der Waals surface area contributed by atoms with E-state index in [0.29, 0.717) is 54.3 Å². The van der Waals surface area contributed by atoms with E-state index in [9.17, 15) is 14.4 Å². The zero-order chi connectivity index (χ0) is 40.9. The van der Waals surface area contributed by atoms with Gasteiger partial charge >= 0.3 is 6.09 Å². The van der Waals surface area contributed by atoms with E-state index in [1.165, 1.54) is 13.2 Å². The molecule has 59 heavy (non-hydrogen) atoms. The van der Waals surface area contributed by atoms with Gasteiger partial charge in [-0.3, -0.25) is 9.59 Å². The highest BCUT2D eigenvalue weighted by atomic mass is 19.1. The first-order valence-corrected chi connectivity index (χ1v) is 20.1. The lowest BCUT2D eigenvalue weighted by molar-refractivity contribution is -0.135. The Morgan fingerprint density at radius 2 is 1.25 bits per heavy atom. The number of alkyl carbamates (subject to hydrolysis) is 1. The fourth-order valence-electron chi connectivity index (χ4n) is 8.32. The van der Waals surface area contributed by atoms with Gasteiger partial charge in [0.2, 0.25) is 5.91 Å². The van der Waals surface area contributed by atoms with Crippen molar-refractivity contribution < 1.29 is 23.5 Å². The highest BCUT2D eigenvalue weighted by Crippen LogP contribution is 2.37. The van der Waals surface area contributed by atoms with Crippen LogP contribution in [0.25, 0.3) is 33.6 Å². The van der Waals surface area contributed by atoms with Gasteiger partial charge in [0.15, 0.2) is 0 Å². The van der Waals surface area contributed by atoms with Crippen LogP contribution in [0.1, 0.15) is 79.6 Å². The molecular weight excluding hydrogens is 748 g/mol. The van der Waals surface area contributed by atoms with Crippen LogP contribution in [0.2, 0.25) is 0 Å². The number of imidazole rings is 2. The van der Waals surface area contributed by atoms with Gasteiger partial charge in [-0.25, -0.2) is 19.2 Å². The summed E-state index contributed by atoms with van der Waals surface area (Å²) < 4.78 is 20.6. The standard InChI is InChI=1S/C46H47FN8O4/c1-3-48-40(31-12-6-4-7-13-31)44(56)54-24-10-16-38(54)42-49-27-36(51-42)30-20-18-29(19-21-30)33-22-23-34(35(47)26-33)37-28-50-43(52-37)39-17-11-25-55(39)45(57)41(53-46(58)59-2)32-14-8-5-9-15-32/h4-9,12-15,18-23,26-28,38-41,48H,3,10-11,16-17,24-25H2,1-2H3,(H,49,51)(H,50,52)(H,53,58)/t38-,39-,40+,41+/m0/s1. The molecule has 2 aliphatic rings. The van der Waals surface area contributed by atoms with E-state index in [2.05, 4.69) is 25.6 Å². The van der Waals surface area contributed by atoms with Crippen LogP contribution in [0, 0.1) is 5.82 Å². The Hall–Kier alpha value is -6.60. The summed E-state index contributed by atoms with van der Waals surface area (Å²) in [5.41, 5.74) is 5.78. The molecule has 0 unspecified atom stereocenters. The second-order valence-corrected chi connectivity index (χ2v) is 14.9. The zero-order valence-corrected chi connectivity index (χ0v) is 33.0. The van der Waals surface area contributed by atoms with Crippen LogP contribution in [-0.4, -0.2) is 74.4 Å². The number of H-pyrrole nitrogens is 2. The zero-order valence-electron chi connectivity index (χ0n) is 33.0. The molecule has 2 fully saturated rings. The third-order valence-corrected chi connectivity index (χ3v) is 11.3. The molecule has 4 aromatic carbocycles. The van der Waals surface area contributed by atoms with Crippen LogP contribution in [0.4, 0.5) is 9.18 Å². The minimum Gasteiger partial charge on any atom is -0.453 e. The van der Waals surface area contributed by atoms with Crippen molar-refractivity contribution in [3.05, 3.63) is 144 Å². The molecule has 0 saturated carbocycles. The second-order valence-electron chi connectivity index (χ2n) is 14.9. The molecule has 2 aliphatic heterocycles. The molecule has 0 aliphatic carbocycles. The predicted molar refractivity (Wildman–Crippen MR) is 222 cm³/mol. The molecule has 6 aromatic rings. The fourth-order valence-corrected chi connectivity index (χ4v) is 8.32. The monoisotopic (exact) mass is 794 g/mol. The number of aromatic nitrogens is 4. The van der Waals surface area contributed by atoms with Gasteiger partial charge in [-0.05, 0) is 72.2 Å². The first-order chi connectivity index (χ1) is 28.8. The minimum absolute atomic E-state index is 0.0464. The Balaban J connectivity index is 0.945. The van der Waals surface area contributed by atoms with Gasteiger partial charge in [0, 0.05) is 18.7 Å². The normalized spacial score (nSPS) is 17.5. The first kappa shape index (κ1) is 39.2. The maximum atomic E-state index is 15.8. The summed E-state index contributed by atoms with van der Waals surface area (Å²) in [4.78, 5) is 59.6. The van der Waals surface area contributed by atoms with Gasteiger partial charge in [-0.2, -0.15) is 0 Å². The van der Waals surface area contributed by atoms with Crippen LogP contribution in [-0.2, 0) is 14.3 Å². The van der Waals surface area contributed by atoms with Crippen molar-refractivity contribution in [2.24, 2.45) is 0 Å². The van der Waals surface area contributed by atoms with Crippen LogP contribution < -0.4 is 10.6 Å². The number of carbonyl (C=O) groups is 3. The quantitative estimate of drug-likeness (QED) is 0.0980. The number of methoxy groups -OCH3 is 1. The SMILES string of the molecule is CCN[C@@H](C(=O)N1CCC[C@H]1c1ncc(-c2ccc(-c3ccc(-c4cnc([C@@H]5CCCN5C(=O)[C@H](NC(=O)OC)c5ccccc5)[nH]4)c(F)c3)cc2)[nH]1)c1ccccc1. The number of aromatic amines is 2. The average molecular weight is 795 g/mol. The highest BCUT2D eigenvalue weighted by molar-refractivity contribution is 5.87. The number of hydrogen-bond acceptors (Lipinski definition) is 7. The summed E-state index contributed by atoms with van der Waals surface area (Å²) in [7, 11) is 1.26. The number of carbonyl (C=O) groups excluding carboxylic acids is 3. The largest absolute Gasteiger partial charge is 0.453 e. The van der Waals surface area contributed by atoms with E-state index in [0.717, 1.165) is 47.5 Å². The van der Waals surface area contributed by atoms with E-state index in [4.69, 9.17) is 9.72 Å². The van der Waals surface area contributed by atoms with Crippen LogP contribution in [0.15, 0.2) is 116 Å². The molecule has 0 spiro atoms. The summed E-state index contributed by atoms with van der Waals surface area (Å²) in [5.74, 6) is 0.669. The van der Waals surface area contributed by atoms with Crippen molar-refractivity contribution >= 4 is 17.9 Å². The average Bonchev–Trinajstić information content (AvgIpc) is 4.12. The number of likely N-dealkylation sites (tertiary alicyclic amines) is 2. The Labute approximate surface area is 342 Å². The Morgan fingerprint density at radius 3 is 1.83 bits per heavy atom. The molecule has 4 heterocycles. The topological polar surface area (TPSA) is 148 Å². The van der Waals surface area contributed by atoms with E-state index in [1.54, 1.807) is 35.5 Å². The third-order valence-electron chi connectivity index (χ3n) is 11.3. The lowest BCUT2D eigenvalue weighted by Crippen LogP contribution is -2.42. The van der Waals surface area contributed by atoms with Crippen LogP contribution in [0.3, 0.4) is 0 Å². The minimum atomic E-state index is -0.934. The van der Waals surface area contributed by atoms with Gasteiger partial charge in [0.25, 0.3) is 5.91 Å². The predicted octanol–water partition coefficient (Wildman–Crippen LogP) is 8.05. The van der Waals surface area contributed by atoms with Crippen molar-refractivity contribution in [3.63, 3.8) is 0 Å². The Morgan fingerprint density at radius 1 is 0.729 bits per heavy atom. The Bertz CT molecular complexity index is 2400. The maximum absolute atomic E-state index is 15.8. The number of nitrogens with one attached hydrogen (secondary N) is 4. The number of ether oxygens (including phenoxy) is 1. The smallest absolute Gasteiger partial charge is 0.407 e. The summed E-state index contributed by atoms with van der Waals surface area (Å²) in [6.07, 6.45) is 5.84. The molecule has 2 aromatic heterocycles. The van der Waals surface area contributed by atoms with Crippen molar-refractivity contribution in [1.82, 2.24) is 40.4 Å². The van der Waals surface area contributed by atoms with Gasteiger partial charge in [0.1, 0.15) is 29.5 Å². The molecule has 8 rings (SSSR count). The summed E-state index contributed by atoms with van der Waals surface area (Å²) >= 11 is 0. The molecule has 4 atom stereocenters. The van der Waals surface area contributed by atoms with E-state index >= 15 is 4.39 Å². The lowest BCUT2D eigenvalue weighted by atomic mass is 10.0. The number of amides is 3. The molecule has 4 N–H and O–H groups in total. The number of benzene rings is 4. The molecule has 0 bridgehead atoms. The van der Waals surface area contributed by atoms with Crippen molar-refractivity contribution in [2.75, 3.05) is 26.7 Å². The van der Waals surface area contributed by atoms with E-state index in [-0.39, 0.29) is 23.9 Å². The second kappa shape index (κ2) is 17.5. The summed E-state index contributed by atoms with van der Waals surface area (Å²) in [6.45, 7) is 3.84. The lowest BCUT2D eigenvalue weighted by Gasteiger charge is -2.28. The highest BCUT2D eigenvalue weighted by Gasteiger charge is 2.38. The number of nitrogens with zero attached hydrogens (tertiary/aromatic N) is 4. The van der Waals surface area contributed by atoms with Gasteiger partial charge in [-0.1, -0.05) is 97.9 Å². The number of rotatable bonds is 12. The molecule has 13 heteroatoms. The van der Waals surface area contributed by atoms with Crippen molar-refractivity contribution in [2.45, 2.75) is 56.8 Å². The van der Waals surface area contributed by atoms with Gasteiger partial charge < -0.3 is 35.1 Å². The summed E-state index contributed by atoms with van der Waals surface area (Å²) in [5, 5.41) is 6.04. The third kappa shape index (κ3) is 8.24. The van der Waals surface area contributed by atoms with Crippen molar-refractivity contribution in [1.29, 1.82) is 0 Å².